The lowest BCUT2D eigenvalue weighted by Crippen LogP contribution is -2.41. The summed E-state index contributed by atoms with van der Waals surface area (Å²) >= 11 is 0. The Morgan fingerprint density at radius 2 is 1.72 bits per heavy atom. The molecule has 3 atom stereocenters. The molecule has 6 rings (SSSR count). The largest absolute Gasteiger partial charge is 0.493 e. The molecule has 2 aromatic carbocycles. The Labute approximate surface area is 167 Å². The Kier molecular flexibility index (Phi) is 3.32. The van der Waals surface area contributed by atoms with Gasteiger partial charge < -0.3 is 28.4 Å². The first-order chi connectivity index (χ1) is 14.1. The molecule has 0 bridgehead atoms. The van der Waals surface area contributed by atoms with E-state index in [1.54, 1.807) is 7.11 Å². The Hall–Kier alpha value is -3.09. The maximum absolute atomic E-state index is 13.0. The van der Waals surface area contributed by atoms with Gasteiger partial charge in [-0.3, -0.25) is 4.79 Å². The van der Waals surface area contributed by atoms with Gasteiger partial charge in [0, 0.05) is 11.8 Å². The topological polar surface area (TPSA) is 72.5 Å². The number of hydrogen-bond acceptors (Lipinski definition) is 7. The maximum Gasteiger partial charge on any atom is 0.313 e. The summed E-state index contributed by atoms with van der Waals surface area (Å²) in [6.07, 6.45) is 0.756. The molecular weight excluding hydrogens is 376 g/mol. The fraction of sp³-hybridized carbons (Fsp3) is 0.409. The second-order valence-electron chi connectivity index (χ2n) is 8.08. The monoisotopic (exact) mass is 396 g/mol. The van der Waals surface area contributed by atoms with Crippen LogP contribution in [0.25, 0.3) is 0 Å². The molecule has 0 saturated carbocycles. The Morgan fingerprint density at radius 3 is 2.55 bits per heavy atom. The van der Waals surface area contributed by atoms with Gasteiger partial charge >= 0.3 is 5.97 Å². The molecule has 3 aliphatic heterocycles. The summed E-state index contributed by atoms with van der Waals surface area (Å²) < 4.78 is 33.5. The fourth-order valence-electron chi connectivity index (χ4n) is 5.17. The van der Waals surface area contributed by atoms with Crippen molar-refractivity contribution in [1.29, 1.82) is 0 Å². The van der Waals surface area contributed by atoms with E-state index in [2.05, 4.69) is 0 Å². The van der Waals surface area contributed by atoms with E-state index in [-0.39, 0.29) is 31.4 Å². The van der Waals surface area contributed by atoms with Gasteiger partial charge in [-0.1, -0.05) is 0 Å². The fourth-order valence-corrected chi connectivity index (χ4v) is 5.17. The lowest BCUT2D eigenvalue weighted by atomic mass is 9.58. The molecule has 150 valence electrons. The van der Waals surface area contributed by atoms with Crippen LogP contribution in [0.15, 0.2) is 24.3 Å². The van der Waals surface area contributed by atoms with Crippen molar-refractivity contribution in [2.45, 2.75) is 19.3 Å². The standard InChI is InChI=1S/C22H20O7/c1-22-13(8-25-21(22)23)3-11-4-15-16(27-9-26-15)7-14(11)19(22)12-5-17(24-2)20-18(6-12)28-10-29-20/h4-7,13,19H,3,8-10H2,1-2H3/t13-,19+,22-/m0/s1. The maximum atomic E-state index is 13.0. The van der Waals surface area contributed by atoms with E-state index in [0.29, 0.717) is 29.6 Å². The van der Waals surface area contributed by atoms with Crippen LogP contribution in [-0.2, 0) is 16.0 Å². The SMILES string of the molecule is COc1cc([C@@H]2c3cc4c(cc3C[C@H]3COC(=O)[C@@]32C)OCO4)cc2c1OCO2. The Bertz CT molecular complexity index is 1050. The molecule has 0 spiro atoms. The summed E-state index contributed by atoms with van der Waals surface area (Å²) in [5.41, 5.74) is 2.43. The van der Waals surface area contributed by atoms with Crippen molar-refractivity contribution in [3.8, 4) is 28.7 Å². The minimum absolute atomic E-state index is 0.0734. The number of methoxy groups -OCH3 is 1. The lowest BCUT2D eigenvalue weighted by Gasteiger charge is -2.41. The van der Waals surface area contributed by atoms with Gasteiger partial charge in [-0.2, -0.15) is 0 Å². The first-order valence-electron chi connectivity index (χ1n) is 9.66. The van der Waals surface area contributed by atoms with Gasteiger partial charge in [0.2, 0.25) is 19.3 Å². The zero-order valence-electron chi connectivity index (χ0n) is 16.2. The number of ether oxygens (including phenoxy) is 6. The molecule has 7 nitrogen and oxygen atoms in total. The Balaban J connectivity index is 1.60. The minimum Gasteiger partial charge on any atom is -0.493 e. The summed E-state index contributed by atoms with van der Waals surface area (Å²) in [5.74, 6) is 2.93. The molecule has 4 aliphatic rings. The van der Waals surface area contributed by atoms with E-state index < -0.39 is 5.41 Å². The molecule has 0 unspecified atom stereocenters. The number of cyclic esters (lactones) is 1. The number of carbonyl (C=O) groups is 1. The van der Waals surface area contributed by atoms with Crippen molar-refractivity contribution in [2.75, 3.05) is 27.3 Å². The average Bonchev–Trinajstić information content (AvgIpc) is 3.43. The summed E-state index contributed by atoms with van der Waals surface area (Å²) in [4.78, 5) is 13.0. The van der Waals surface area contributed by atoms with Gasteiger partial charge in [0.05, 0.1) is 19.1 Å². The van der Waals surface area contributed by atoms with Gasteiger partial charge in [-0.15, -0.1) is 0 Å². The molecule has 3 heterocycles. The van der Waals surface area contributed by atoms with Crippen molar-refractivity contribution in [2.24, 2.45) is 11.3 Å². The number of rotatable bonds is 2. The van der Waals surface area contributed by atoms with Crippen molar-refractivity contribution in [3.63, 3.8) is 0 Å². The smallest absolute Gasteiger partial charge is 0.313 e. The van der Waals surface area contributed by atoms with Crippen molar-refractivity contribution >= 4 is 5.97 Å². The lowest BCUT2D eigenvalue weighted by molar-refractivity contribution is -0.146. The van der Waals surface area contributed by atoms with Gasteiger partial charge in [0.25, 0.3) is 0 Å². The van der Waals surface area contributed by atoms with E-state index in [1.807, 2.05) is 31.2 Å². The summed E-state index contributed by atoms with van der Waals surface area (Å²) in [6, 6.07) is 7.93. The van der Waals surface area contributed by atoms with Crippen LogP contribution in [0.1, 0.15) is 29.5 Å². The predicted molar refractivity (Wildman–Crippen MR) is 99.8 cm³/mol. The van der Waals surface area contributed by atoms with Gasteiger partial charge in [-0.05, 0) is 54.3 Å². The number of fused-ring (bicyclic) bond motifs is 4. The molecule has 0 amide bonds. The number of benzene rings is 2. The molecular formula is C22H20O7. The molecule has 0 N–H and O–H groups in total. The molecule has 1 aliphatic carbocycles. The van der Waals surface area contributed by atoms with Gasteiger partial charge in [-0.25, -0.2) is 0 Å². The summed E-state index contributed by atoms with van der Waals surface area (Å²) in [6.45, 7) is 2.78. The summed E-state index contributed by atoms with van der Waals surface area (Å²) in [5, 5.41) is 0. The van der Waals surface area contributed by atoms with Crippen LogP contribution in [0.4, 0.5) is 0 Å². The zero-order valence-corrected chi connectivity index (χ0v) is 16.2. The van der Waals surface area contributed by atoms with Crippen LogP contribution >= 0.6 is 0 Å². The van der Waals surface area contributed by atoms with Gasteiger partial charge in [0.1, 0.15) is 0 Å². The van der Waals surface area contributed by atoms with E-state index in [0.717, 1.165) is 28.9 Å². The zero-order chi connectivity index (χ0) is 19.8. The highest BCUT2D eigenvalue weighted by Crippen LogP contribution is 2.58. The molecule has 0 radical (unpaired) electrons. The van der Waals surface area contributed by atoms with Gasteiger partial charge in [0.15, 0.2) is 23.0 Å². The second-order valence-corrected chi connectivity index (χ2v) is 8.08. The van der Waals surface area contributed by atoms with E-state index in [9.17, 15) is 4.79 Å². The number of hydrogen-bond donors (Lipinski definition) is 0. The first kappa shape index (κ1) is 16.8. The van der Waals surface area contributed by atoms with Crippen LogP contribution in [0.5, 0.6) is 28.7 Å². The van der Waals surface area contributed by atoms with E-state index in [4.69, 9.17) is 28.4 Å². The third kappa shape index (κ3) is 2.15. The highest BCUT2D eigenvalue weighted by atomic mass is 16.7. The molecule has 1 fully saturated rings. The second kappa shape index (κ2) is 5.72. The predicted octanol–water partition coefficient (Wildman–Crippen LogP) is 3.02. The van der Waals surface area contributed by atoms with Crippen molar-refractivity contribution < 1.29 is 33.2 Å². The minimum atomic E-state index is -0.695. The Morgan fingerprint density at radius 1 is 0.966 bits per heavy atom. The van der Waals surface area contributed by atoms with Crippen LogP contribution in [0, 0.1) is 11.3 Å². The van der Waals surface area contributed by atoms with E-state index in [1.165, 1.54) is 0 Å². The highest BCUT2D eigenvalue weighted by molar-refractivity contribution is 5.82. The normalized spacial score (nSPS) is 28.0. The molecule has 0 aromatic heterocycles. The first-order valence-corrected chi connectivity index (χ1v) is 9.66. The summed E-state index contributed by atoms with van der Waals surface area (Å²) in [7, 11) is 1.60. The average molecular weight is 396 g/mol. The van der Waals surface area contributed by atoms with Crippen LogP contribution in [0.3, 0.4) is 0 Å². The van der Waals surface area contributed by atoms with Crippen molar-refractivity contribution in [3.05, 3.63) is 41.0 Å². The van der Waals surface area contributed by atoms with Crippen LogP contribution in [-0.4, -0.2) is 33.3 Å². The van der Waals surface area contributed by atoms with Crippen molar-refractivity contribution in [1.82, 2.24) is 0 Å². The molecule has 29 heavy (non-hydrogen) atoms. The molecule has 7 heteroatoms. The number of carbonyl (C=O) groups excluding carboxylic acids is 1. The quantitative estimate of drug-likeness (QED) is 0.723. The third-order valence-corrected chi connectivity index (χ3v) is 6.73. The third-order valence-electron chi connectivity index (χ3n) is 6.73. The van der Waals surface area contributed by atoms with Crippen LogP contribution in [0.2, 0.25) is 0 Å². The molecule has 2 aromatic rings. The number of esters is 1. The molecule has 1 saturated heterocycles. The highest BCUT2D eigenvalue weighted by Gasteiger charge is 2.57. The van der Waals surface area contributed by atoms with E-state index >= 15 is 0 Å². The van der Waals surface area contributed by atoms with Crippen LogP contribution < -0.4 is 23.7 Å².